The highest BCUT2D eigenvalue weighted by Crippen LogP contribution is 2.38. The fourth-order valence-corrected chi connectivity index (χ4v) is 2.46. The van der Waals surface area contributed by atoms with Crippen molar-refractivity contribution in [3.8, 4) is 0 Å². The van der Waals surface area contributed by atoms with Gasteiger partial charge in [0.05, 0.1) is 0 Å². The molecule has 1 aromatic heterocycles. The van der Waals surface area contributed by atoms with Crippen LogP contribution in [0.5, 0.6) is 0 Å². The molecule has 0 spiro atoms. The molecule has 1 aromatic rings. The van der Waals surface area contributed by atoms with E-state index in [1.165, 1.54) is 44.6 Å². The predicted octanol–water partition coefficient (Wildman–Crippen LogP) is 1.23. The Morgan fingerprint density at radius 1 is 1.38 bits per heavy atom. The molecular weight excluding hydrogens is 200 g/mol. The zero-order chi connectivity index (χ0) is 11.0. The van der Waals surface area contributed by atoms with Crippen LogP contribution in [-0.2, 0) is 13.5 Å². The van der Waals surface area contributed by atoms with E-state index in [4.69, 9.17) is 0 Å². The summed E-state index contributed by atoms with van der Waals surface area (Å²) >= 11 is 0. The minimum atomic E-state index is 0.674. The molecule has 0 amide bonds. The van der Waals surface area contributed by atoms with Crippen molar-refractivity contribution in [2.75, 3.05) is 13.1 Å². The van der Waals surface area contributed by atoms with Crippen molar-refractivity contribution in [1.82, 2.24) is 20.1 Å². The van der Waals surface area contributed by atoms with Crippen molar-refractivity contribution in [3.63, 3.8) is 0 Å². The van der Waals surface area contributed by atoms with Crippen molar-refractivity contribution < 1.29 is 0 Å². The number of aryl methyl sites for hydroxylation is 2. The third-order valence-corrected chi connectivity index (χ3v) is 3.75. The Labute approximate surface area is 96.4 Å². The van der Waals surface area contributed by atoms with Crippen LogP contribution in [0.1, 0.15) is 43.3 Å². The second-order valence-corrected chi connectivity index (χ2v) is 5.18. The summed E-state index contributed by atoms with van der Waals surface area (Å²) in [7, 11) is 2.03. The van der Waals surface area contributed by atoms with Crippen molar-refractivity contribution in [2.45, 2.75) is 38.0 Å². The Morgan fingerprint density at radius 3 is 2.94 bits per heavy atom. The Morgan fingerprint density at radius 2 is 2.25 bits per heavy atom. The molecule has 1 unspecified atom stereocenters. The Balaban J connectivity index is 1.60. The molecule has 1 aliphatic heterocycles. The first kappa shape index (κ1) is 10.3. The summed E-state index contributed by atoms with van der Waals surface area (Å²) in [6, 6.07) is 0. The number of aromatic nitrogens is 3. The normalized spacial score (nSPS) is 25.2. The van der Waals surface area contributed by atoms with E-state index in [0.29, 0.717) is 5.92 Å². The van der Waals surface area contributed by atoms with Gasteiger partial charge < -0.3 is 5.32 Å². The Kier molecular flexibility index (Phi) is 2.67. The molecule has 0 aromatic carbocycles. The van der Waals surface area contributed by atoms with Gasteiger partial charge in [-0.25, -0.2) is 4.98 Å². The summed E-state index contributed by atoms with van der Waals surface area (Å²) in [6.07, 6.45) is 6.24. The molecule has 0 radical (unpaired) electrons. The van der Waals surface area contributed by atoms with Crippen LogP contribution in [0.25, 0.3) is 0 Å². The molecule has 1 atom stereocenters. The lowest BCUT2D eigenvalue weighted by Crippen LogP contribution is -2.10. The highest BCUT2D eigenvalue weighted by atomic mass is 15.3. The zero-order valence-electron chi connectivity index (χ0n) is 9.95. The van der Waals surface area contributed by atoms with Gasteiger partial charge in [-0.3, -0.25) is 4.68 Å². The largest absolute Gasteiger partial charge is 0.316 e. The van der Waals surface area contributed by atoms with Crippen LogP contribution >= 0.6 is 0 Å². The van der Waals surface area contributed by atoms with Crippen molar-refractivity contribution >= 4 is 0 Å². The lowest BCUT2D eigenvalue weighted by Gasteiger charge is -2.06. The fourth-order valence-electron chi connectivity index (χ4n) is 2.46. The van der Waals surface area contributed by atoms with E-state index in [1.54, 1.807) is 0 Å². The van der Waals surface area contributed by atoms with Crippen LogP contribution in [0.15, 0.2) is 0 Å². The van der Waals surface area contributed by atoms with Crippen LogP contribution in [0.4, 0.5) is 0 Å². The van der Waals surface area contributed by atoms with Crippen molar-refractivity contribution in [3.05, 3.63) is 11.6 Å². The molecule has 2 fully saturated rings. The van der Waals surface area contributed by atoms with Gasteiger partial charge in [0, 0.05) is 19.4 Å². The topological polar surface area (TPSA) is 42.7 Å². The molecule has 4 heteroatoms. The Hall–Kier alpha value is -0.900. The minimum Gasteiger partial charge on any atom is -0.316 e. The molecule has 88 valence electrons. The monoisotopic (exact) mass is 220 g/mol. The van der Waals surface area contributed by atoms with E-state index in [-0.39, 0.29) is 0 Å². The van der Waals surface area contributed by atoms with Crippen LogP contribution in [0.2, 0.25) is 0 Å². The van der Waals surface area contributed by atoms with Gasteiger partial charge in [-0.1, -0.05) is 0 Å². The second kappa shape index (κ2) is 4.17. The van der Waals surface area contributed by atoms with Crippen LogP contribution in [0.3, 0.4) is 0 Å². The first-order valence-corrected chi connectivity index (χ1v) is 6.43. The molecule has 4 nitrogen and oxygen atoms in total. The van der Waals surface area contributed by atoms with Crippen LogP contribution in [0, 0.1) is 5.92 Å². The minimum absolute atomic E-state index is 0.674. The number of hydrogen-bond acceptors (Lipinski definition) is 3. The molecule has 3 rings (SSSR count). The third kappa shape index (κ3) is 2.12. The molecular formula is C12H20N4. The van der Waals surface area contributed by atoms with Crippen molar-refractivity contribution in [2.24, 2.45) is 13.0 Å². The summed E-state index contributed by atoms with van der Waals surface area (Å²) < 4.78 is 1.98. The molecule has 2 aliphatic rings. The van der Waals surface area contributed by atoms with Gasteiger partial charge >= 0.3 is 0 Å². The van der Waals surface area contributed by atoms with E-state index in [9.17, 15) is 0 Å². The number of nitrogens with one attached hydrogen (secondary N) is 1. The average Bonchev–Trinajstić information content (AvgIpc) is 2.86. The lowest BCUT2D eigenvalue weighted by atomic mass is 10.0. The number of rotatable bonds is 4. The molecule has 1 saturated heterocycles. The maximum Gasteiger partial charge on any atom is 0.154 e. The predicted molar refractivity (Wildman–Crippen MR) is 62.3 cm³/mol. The first-order valence-electron chi connectivity index (χ1n) is 6.43. The van der Waals surface area contributed by atoms with Gasteiger partial charge in [-0.2, -0.15) is 5.10 Å². The summed E-state index contributed by atoms with van der Waals surface area (Å²) in [5.74, 6) is 3.78. The van der Waals surface area contributed by atoms with Crippen molar-refractivity contribution in [1.29, 1.82) is 0 Å². The summed E-state index contributed by atoms with van der Waals surface area (Å²) in [6.45, 7) is 2.38. The average molecular weight is 220 g/mol. The first-order chi connectivity index (χ1) is 7.83. The van der Waals surface area contributed by atoms with E-state index >= 15 is 0 Å². The van der Waals surface area contributed by atoms with Crippen LogP contribution < -0.4 is 5.32 Å². The highest BCUT2D eigenvalue weighted by molar-refractivity contribution is 5.06. The van der Waals surface area contributed by atoms with Gasteiger partial charge in [0.25, 0.3) is 0 Å². The standard InChI is InChI=1S/C12H20N4/c1-16-11(5-2-9-6-7-13-8-9)14-12(15-16)10-3-4-10/h9-10,13H,2-8H2,1H3. The van der Waals surface area contributed by atoms with Gasteiger partial charge in [0.1, 0.15) is 5.82 Å². The molecule has 1 saturated carbocycles. The smallest absolute Gasteiger partial charge is 0.154 e. The van der Waals surface area contributed by atoms with E-state index < -0.39 is 0 Å². The second-order valence-electron chi connectivity index (χ2n) is 5.18. The Bertz CT molecular complexity index is 361. The summed E-state index contributed by atoms with van der Waals surface area (Å²) in [4.78, 5) is 4.66. The highest BCUT2D eigenvalue weighted by Gasteiger charge is 2.28. The SMILES string of the molecule is Cn1nc(C2CC2)nc1CCC1CCNC1. The zero-order valence-corrected chi connectivity index (χ0v) is 9.95. The summed E-state index contributed by atoms with van der Waals surface area (Å²) in [5, 5.41) is 7.92. The maximum atomic E-state index is 4.66. The fraction of sp³-hybridized carbons (Fsp3) is 0.833. The molecule has 2 heterocycles. The van der Waals surface area contributed by atoms with E-state index in [0.717, 1.165) is 18.2 Å². The maximum absolute atomic E-state index is 4.66. The van der Waals surface area contributed by atoms with Gasteiger partial charge in [0.2, 0.25) is 0 Å². The molecule has 1 aliphatic carbocycles. The van der Waals surface area contributed by atoms with E-state index in [1.807, 2.05) is 11.7 Å². The van der Waals surface area contributed by atoms with Gasteiger partial charge in [-0.15, -0.1) is 0 Å². The quantitative estimate of drug-likeness (QED) is 0.830. The van der Waals surface area contributed by atoms with E-state index in [2.05, 4.69) is 15.4 Å². The molecule has 1 N–H and O–H groups in total. The van der Waals surface area contributed by atoms with Crippen LogP contribution in [-0.4, -0.2) is 27.9 Å². The van der Waals surface area contributed by atoms with Gasteiger partial charge in [0.15, 0.2) is 5.82 Å². The molecule has 0 bridgehead atoms. The third-order valence-electron chi connectivity index (χ3n) is 3.75. The van der Waals surface area contributed by atoms with Gasteiger partial charge in [-0.05, 0) is 44.7 Å². The summed E-state index contributed by atoms with van der Waals surface area (Å²) in [5.41, 5.74) is 0. The molecule has 16 heavy (non-hydrogen) atoms. The number of hydrogen-bond donors (Lipinski definition) is 1. The number of nitrogens with zero attached hydrogens (tertiary/aromatic N) is 3. The lowest BCUT2D eigenvalue weighted by molar-refractivity contribution is 0.515.